The summed E-state index contributed by atoms with van der Waals surface area (Å²) >= 11 is 0. The first kappa shape index (κ1) is 30.0. The molecule has 0 spiro atoms. The molecule has 0 aliphatic carbocycles. The quantitative estimate of drug-likeness (QED) is 0.172. The van der Waals surface area contributed by atoms with Crippen molar-refractivity contribution < 1.29 is 0 Å². The summed E-state index contributed by atoms with van der Waals surface area (Å²) in [5, 5.41) is 7.39. The Hall–Kier alpha value is -6.90. The molecule has 0 N–H and O–H groups in total. The number of nitrogens with zero attached hydrogens (tertiary/aromatic N) is 2. The van der Waals surface area contributed by atoms with Crippen LogP contribution in [0.15, 0.2) is 206 Å². The Morgan fingerprint density at radius 2 is 0.942 bits per heavy atom. The molecular weight excluding hydrogens is 629 g/mol. The first-order chi connectivity index (χ1) is 25.8. The fourth-order valence-electron chi connectivity index (χ4n) is 8.06. The van der Waals surface area contributed by atoms with Crippen molar-refractivity contribution in [1.29, 1.82) is 0 Å². The van der Waals surface area contributed by atoms with Gasteiger partial charge in [0.2, 0.25) is 0 Å². The third kappa shape index (κ3) is 4.88. The van der Waals surface area contributed by atoms with Crippen LogP contribution in [-0.4, -0.2) is 4.57 Å². The number of para-hydroxylation sites is 4. The summed E-state index contributed by atoms with van der Waals surface area (Å²) in [6.07, 6.45) is 0. The second-order valence-corrected chi connectivity index (χ2v) is 13.3. The van der Waals surface area contributed by atoms with Crippen molar-refractivity contribution in [3.05, 3.63) is 206 Å². The molecule has 0 radical (unpaired) electrons. The van der Waals surface area contributed by atoms with Gasteiger partial charge in [0.1, 0.15) is 0 Å². The molecule has 0 saturated heterocycles. The highest BCUT2D eigenvalue weighted by Crippen LogP contribution is 2.47. The minimum absolute atomic E-state index is 1.11. The lowest BCUT2D eigenvalue weighted by molar-refractivity contribution is 1.18. The summed E-state index contributed by atoms with van der Waals surface area (Å²) in [4.78, 5) is 2.44. The Morgan fingerprint density at radius 3 is 1.83 bits per heavy atom. The van der Waals surface area contributed by atoms with Gasteiger partial charge in [-0.1, -0.05) is 158 Å². The van der Waals surface area contributed by atoms with Gasteiger partial charge in [-0.05, 0) is 81.2 Å². The minimum atomic E-state index is 1.11. The predicted octanol–water partition coefficient (Wildman–Crippen LogP) is 13.9. The topological polar surface area (TPSA) is 8.17 Å². The SMILES string of the molecule is c1ccc(N(c2ccccc2-c2ccc3ccccc3c2)c2cccc3c2c2ccccc2n3-c2ccccc2-c2cccc3ccccc23)cc1. The third-order valence-electron chi connectivity index (χ3n) is 10.4. The van der Waals surface area contributed by atoms with Gasteiger partial charge in [0.15, 0.2) is 0 Å². The summed E-state index contributed by atoms with van der Waals surface area (Å²) in [6.45, 7) is 0. The van der Waals surface area contributed by atoms with Gasteiger partial charge in [0.25, 0.3) is 0 Å². The van der Waals surface area contributed by atoms with Crippen LogP contribution >= 0.6 is 0 Å². The molecule has 1 aromatic heterocycles. The summed E-state index contributed by atoms with van der Waals surface area (Å²) in [6, 6.07) is 74.7. The van der Waals surface area contributed by atoms with E-state index in [1.54, 1.807) is 0 Å². The van der Waals surface area contributed by atoms with Crippen molar-refractivity contribution in [2.75, 3.05) is 4.90 Å². The second kappa shape index (κ2) is 12.5. The maximum Gasteiger partial charge on any atom is 0.0562 e. The Balaban J connectivity index is 1.25. The van der Waals surface area contributed by atoms with E-state index >= 15 is 0 Å². The van der Waals surface area contributed by atoms with Crippen LogP contribution in [0.3, 0.4) is 0 Å². The largest absolute Gasteiger partial charge is 0.309 e. The molecule has 0 aliphatic heterocycles. The summed E-state index contributed by atoms with van der Waals surface area (Å²) in [5.41, 5.74) is 11.7. The number of benzene rings is 9. The average Bonchev–Trinajstić information content (AvgIpc) is 3.56. The smallest absolute Gasteiger partial charge is 0.0562 e. The molecule has 0 saturated carbocycles. The van der Waals surface area contributed by atoms with E-state index in [2.05, 4.69) is 216 Å². The van der Waals surface area contributed by atoms with Crippen LogP contribution in [0.4, 0.5) is 17.1 Å². The van der Waals surface area contributed by atoms with Crippen molar-refractivity contribution >= 4 is 60.4 Å². The van der Waals surface area contributed by atoms with Crippen molar-refractivity contribution in [3.8, 4) is 27.9 Å². The van der Waals surface area contributed by atoms with Gasteiger partial charge in [-0.25, -0.2) is 0 Å². The number of anilines is 3. The maximum atomic E-state index is 2.46. The van der Waals surface area contributed by atoms with Crippen LogP contribution in [0.5, 0.6) is 0 Å². The lowest BCUT2D eigenvalue weighted by Crippen LogP contribution is -2.11. The van der Waals surface area contributed by atoms with Crippen molar-refractivity contribution in [2.24, 2.45) is 0 Å². The number of hydrogen-bond donors (Lipinski definition) is 0. The Bertz CT molecular complexity index is 2910. The molecule has 10 aromatic rings. The van der Waals surface area contributed by atoms with E-state index < -0.39 is 0 Å². The van der Waals surface area contributed by atoms with E-state index in [0.717, 1.165) is 28.3 Å². The van der Waals surface area contributed by atoms with E-state index in [9.17, 15) is 0 Å². The van der Waals surface area contributed by atoms with E-state index in [4.69, 9.17) is 0 Å². The normalized spacial score (nSPS) is 11.5. The van der Waals surface area contributed by atoms with Crippen molar-refractivity contribution in [1.82, 2.24) is 4.57 Å². The zero-order chi connectivity index (χ0) is 34.4. The van der Waals surface area contributed by atoms with E-state index in [1.807, 2.05) is 0 Å². The molecule has 0 bridgehead atoms. The first-order valence-electron chi connectivity index (χ1n) is 17.9. The molecule has 1 heterocycles. The molecule has 0 fully saturated rings. The maximum absolute atomic E-state index is 2.46. The summed E-state index contributed by atoms with van der Waals surface area (Å²) < 4.78 is 2.46. The van der Waals surface area contributed by atoms with Crippen molar-refractivity contribution in [2.45, 2.75) is 0 Å². The number of fused-ring (bicyclic) bond motifs is 5. The summed E-state index contributed by atoms with van der Waals surface area (Å²) in [7, 11) is 0. The van der Waals surface area contributed by atoms with E-state index in [-0.39, 0.29) is 0 Å². The Morgan fingerprint density at radius 1 is 0.346 bits per heavy atom. The average molecular weight is 663 g/mol. The van der Waals surface area contributed by atoms with Gasteiger partial charge in [0, 0.05) is 27.6 Å². The van der Waals surface area contributed by atoms with E-state index in [1.165, 1.54) is 60.1 Å². The highest BCUT2D eigenvalue weighted by molar-refractivity contribution is 6.17. The number of aromatic nitrogens is 1. The highest BCUT2D eigenvalue weighted by atomic mass is 15.1. The van der Waals surface area contributed by atoms with Gasteiger partial charge < -0.3 is 9.47 Å². The molecule has 0 amide bonds. The van der Waals surface area contributed by atoms with Crippen LogP contribution in [0.1, 0.15) is 0 Å². The minimum Gasteiger partial charge on any atom is -0.309 e. The number of hydrogen-bond acceptors (Lipinski definition) is 1. The lowest BCUT2D eigenvalue weighted by Gasteiger charge is -2.29. The fraction of sp³-hybridized carbons (Fsp3) is 0. The summed E-state index contributed by atoms with van der Waals surface area (Å²) in [5.74, 6) is 0. The van der Waals surface area contributed by atoms with Crippen LogP contribution in [0.25, 0.3) is 71.3 Å². The van der Waals surface area contributed by atoms with Crippen LogP contribution in [0, 0.1) is 0 Å². The molecule has 10 rings (SSSR count). The first-order valence-corrected chi connectivity index (χ1v) is 17.9. The monoisotopic (exact) mass is 662 g/mol. The van der Waals surface area contributed by atoms with Gasteiger partial charge >= 0.3 is 0 Å². The molecule has 0 unspecified atom stereocenters. The zero-order valence-corrected chi connectivity index (χ0v) is 28.5. The molecule has 9 aromatic carbocycles. The van der Waals surface area contributed by atoms with E-state index in [0.29, 0.717) is 0 Å². The van der Waals surface area contributed by atoms with Gasteiger partial charge in [-0.2, -0.15) is 0 Å². The third-order valence-corrected chi connectivity index (χ3v) is 10.4. The van der Waals surface area contributed by atoms with Gasteiger partial charge in [-0.3, -0.25) is 0 Å². The van der Waals surface area contributed by atoms with Crippen molar-refractivity contribution in [3.63, 3.8) is 0 Å². The molecule has 52 heavy (non-hydrogen) atoms. The second-order valence-electron chi connectivity index (χ2n) is 13.3. The molecule has 2 heteroatoms. The lowest BCUT2D eigenvalue weighted by atomic mass is 9.97. The molecule has 0 atom stereocenters. The Labute approximate surface area is 303 Å². The molecule has 244 valence electrons. The van der Waals surface area contributed by atoms with Crippen LogP contribution in [0.2, 0.25) is 0 Å². The Kier molecular flexibility index (Phi) is 7.18. The fourth-order valence-corrected chi connectivity index (χ4v) is 8.06. The van der Waals surface area contributed by atoms with Gasteiger partial charge in [0.05, 0.1) is 28.1 Å². The molecule has 2 nitrogen and oxygen atoms in total. The standard InChI is InChI=1S/C50H34N2/c1-2-20-39(21-3-1)51(45-27-11-8-23-41(45)38-33-32-35-16-4-5-18-37(35)34-38)48-30-15-31-49-50(48)44-25-10-13-29-47(44)52(49)46-28-12-9-24-43(46)42-26-14-19-36-17-6-7-22-40(36)42/h1-34H. The van der Waals surface area contributed by atoms with Crippen LogP contribution < -0.4 is 4.90 Å². The molecule has 0 aliphatic rings. The van der Waals surface area contributed by atoms with Gasteiger partial charge in [-0.15, -0.1) is 0 Å². The molecular formula is C50H34N2. The number of rotatable bonds is 6. The highest BCUT2D eigenvalue weighted by Gasteiger charge is 2.23. The zero-order valence-electron chi connectivity index (χ0n) is 28.5. The predicted molar refractivity (Wildman–Crippen MR) is 221 cm³/mol. The van der Waals surface area contributed by atoms with Crippen LogP contribution in [-0.2, 0) is 0 Å².